The molecule has 0 aliphatic carbocycles. The van der Waals surface area contributed by atoms with Crippen LogP contribution in [0.2, 0.25) is 0 Å². The van der Waals surface area contributed by atoms with Gasteiger partial charge in [-0.3, -0.25) is 9.69 Å². The molecule has 1 amide bonds. The number of terminal acetylenes is 1. The zero-order valence-corrected chi connectivity index (χ0v) is 11.8. The Morgan fingerprint density at radius 1 is 1.39 bits per heavy atom. The molecule has 4 nitrogen and oxygen atoms in total. The molecule has 0 aromatic heterocycles. The molecule has 0 radical (unpaired) electrons. The second-order valence-corrected chi connectivity index (χ2v) is 4.43. The Morgan fingerprint density at radius 2 is 2.00 bits per heavy atom. The van der Waals surface area contributed by atoms with Crippen LogP contribution in [0.25, 0.3) is 0 Å². The minimum Gasteiger partial charge on any atom is -0.396 e. The highest BCUT2D eigenvalue weighted by Crippen LogP contribution is 2.13. The summed E-state index contributed by atoms with van der Waals surface area (Å²) in [6.45, 7) is 7.95. The minimum absolute atomic E-state index is 0.0450. The molecule has 0 aromatic rings. The third kappa shape index (κ3) is 5.52. The summed E-state index contributed by atoms with van der Waals surface area (Å²) in [6, 6.07) is 0. The zero-order chi connectivity index (χ0) is 14.0. The van der Waals surface area contributed by atoms with Crippen molar-refractivity contribution in [2.75, 3.05) is 26.2 Å². The van der Waals surface area contributed by atoms with Gasteiger partial charge in [-0.2, -0.15) is 0 Å². The Balaban J connectivity index is 4.35. The normalized spacial score (nSPS) is 11.3. The Hall–Kier alpha value is -1.05. The van der Waals surface area contributed by atoms with Crippen LogP contribution in [0.1, 0.15) is 40.0 Å². The van der Waals surface area contributed by atoms with E-state index in [2.05, 4.69) is 11.2 Å². The summed E-state index contributed by atoms with van der Waals surface area (Å²) in [5, 5.41) is 11.7. The topological polar surface area (TPSA) is 52.6 Å². The molecular formula is C14H26N2O2. The van der Waals surface area contributed by atoms with Crippen LogP contribution in [0.5, 0.6) is 0 Å². The molecule has 2 N–H and O–H groups in total. The lowest BCUT2D eigenvalue weighted by molar-refractivity contribution is -0.123. The van der Waals surface area contributed by atoms with Crippen molar-refractivity contribution in [3.8, 4) is 12.3 Å². The van der Waals surface area contributed by atoms with Crippen LogP contribution in [0.15, 0.2) is 0 Å². The van der Waals surface area contributed by atoms with E-state index in [1.165, 1.54) is 0 Å². The summed E-state index contributed by atoms with van der Waals surface area (Å²) in [6.07, 6.45) is 7.65. The third-order valence-electron chi connectivity index (χ3n) is 3.31. The number of carbonyl (C=O) groups excluding carboxylic acids is 1. The van der Waals surface area contributed by atoms with Gasteiger partial charge in [0.1, 0.15) is 5.54 Å². The fraction of sp³-hybridized carbons (Fsp3) is 0.786. The molecule has 0 aliphatic rings. The van der Waals surface area contributed by atoms with Gasteiger partial charge < -0.3 is 10.4 Å². The highest BCUT2D eigenvalue weighted by Gasteiger charge is 2.25. The minimum atomic E-state index is -0.520. The average Bonchev–Trinajstić information content (AvgIpc) is 2.41. The number of nitrogens with zero attached hydrogens (tertiary/aromatic N) is 1. The van der Waals surface area contributed by atoms with Gasteiger partial charge in [0, 0.05) is 13.2 Å². The number of carbonyl (C=O) groups is 1. The molecule has 0 saturated carbocycles. The molecule has 0 aliphatic heterocycles. The van der Waals surface area contributed by atoms with Gasteiger partial charge >= 0.3 is 0 Å². The molecule has 0 saturated heterocycles. The van der Waals surface area contributed by atoms with Crippen LogP contribution >= 0.6 is 0 Å². The van der Waals surface area contributed by atoms with E-state index in [-0.39, 0.29) is 12.5 Å². The maximum atomic E-state index is 12.0. The number of hydrogen-bond donors (Lipinski definition) is 2. The molecule has 0 heterocycles. The Kier molecular flexibility index (Phi) is 8.43. The van der Waals surface area contributed by atoms with Crippen molar-refractivity contribution in [3.05, 3.63) is 0 Å². The predicted molar refractivity (Wildman–Crippen MR) is 74.1 cm³/mol. The molecule has 0 bridgehead atoms. The van der Waals surface area contributed by atoms with Crippen molar-refractivity contribution in [3.63, 3.8) is 0 Å². The number of rotatable bonds is 9. The van der Waals surface area contributed by atoms with E-state index in [1.807, 2.05) is 25.7 Å². The summed E-state index contributed by atoms with van der Waals surface area (Å²) >= 11 is 0. The van der Waals surface area contributed by atoms with Crippen molar-refractivity contribution in [1.82, 2.24) is 10.2 Å². The first-order valence-electron chi connectivity index (χ1n) is 6.69. The maximum Gasteiger partial charge on any atom is 0.235 e. The second kappa shape index (κ2) is 8.96. The van der Waals surface area contributed by atoms with Crippen molar-refractivity contribution in [1.29, 1.82) is 0 Å². The van der Waals surface area contributed by atoms with Gasteiger partial charge in [-0.25, -0.2) is 0 Å². The number of likely N-dealkylation sites (N-methyl/N-ethyl adjacent to an activating group) is 1. The van der Waals surface area contributed by atoms with E-state index in [4.69, 9.17) is 11.5 Å². The van der Waals surface area contributed by atoms with E-state index in [0.717, 1.165) is 25.9 Å². The van der Waals surface area contributed by atoms with Gasteiger partial charge in [-0.1, -0.05) is 26.7 Å². The van der Waals surface area contributed by atoms with E-state index in [0.29, 0.717) is 13.0 Å². The third-order valence-corrected chi connectivity index (χ3v) is 3.31. The monoisotopic (exact) mass is 254 g/mol. The van der Waals surface area contributed by atoms with Crippen molar-refractivity contribution in [2.45, 2.75) is 45.6 Å². The number of hydrogen-bond acceptors (Lipinski definition) is 3. The molecule has 4 heteroatoms. The molecule has 18 heavy (non-hydrogen) atoms. The van der Waals surface area contributed by atoms with E-state index in [1.54, 1.807) is 0 Å². The maximum absolute atomic E-state index is 12.0. The van der Waals surface area contributed by atoms with E-state index >= 15 is 0 Å². The molecule has 0 unspecified atom stereocenters. The number of aliphatic hydroxyl groups is 1. The van der Waals surface area contributed by atoms with Gasteiger partial charge in [-0.15, -0.1) is 6.42 Å². The first kappa shape index (κ1) is 16.9. The Morgan fingerprint density at radius 3 is 2.39 bits per heavy atom. The van der Waals surface area contributed by atoms with Crippen LogP contribution < -0.4 is 5.32 Å². The van der Waals surface area contributed by atoms with Crippen molar-refractivity contribution in [2.24, 2.45) is 0 Å². The first-order chi connectivity index (χ1) is 8.57. The van der Waals surface area contributed by atoms with Gasteiger partial charge in [0.15, 0.2) is 0 Å². The molecule has 0 aromatic carbocycles. The fourth-order valence-electron chi connectivity index (χ4n) is 1.82. The first-order valence-corrected chi connectivity index (χ1v) is 6.69. The summed E-state index contributed by atoms with van der Waals surface area (Å²) in [7, 11) is 0. The Labute approximate surface area is 111 Å². The van der Waals surface area contributed by atoms with Crippen molar-refractivity contribution < 1.29 is 9.90 Å². The lowest BCUT2D eigenvalue weighted by Gasteiger charge is -2.28. The van der Waals surface area contributed by atoms with Crippen LogP contribution in [-0.4, -0.2) is 47.7 Å². The standard InChI is InChI=1S/C14H26N2O2/c1-5-14(6-2,7-3)15-13(18)12-16(8-4)10-9-11-17/h1,17H,6-12H2,2-4H3,(H,15,18). The molecule has 0 fully saturated rings. The summed E-state index contributed by atoms with van der Waals surface area (Å²) in [5.74, 6) is 2.64. The molecule has 0 rings (SSSR count). The predicted octanol–water partition coefficient (Wildman–Crippen LogP) is 0.999. The van der Waals surface area contributed by atoms with Gasteiger partial charge in [-0.05, 0) is 25.8 Å². The lowest BCUT2D eigenvalue weighted by atomic mass is 9.94. The fourth-order valence-corrected chi connectivity index (χ4v) is 1.82. The Bertz CT molecular complexity index is 280. The van der Waals surface area contributed by atoms with Crippen LogP contribution in [0.4, 0.5) is 0 Å². The van der Waals surface area contributed by atoms with E-state index < -0.39 is 5.54 Å². The number of nitrogens with one attached hydrogen (secondary N) is 1. The largest absolute Gasteiger partial charge is 0.396 e. The molecule has 0 atom stereocenters. The number of aliphatic hydroxyl groups excluding tert-OH is 1. The summed E-state index contributed by atoms with van der Waals surface area (Å²) < 4.78 is 0. The van der Waals surface area contributed by atoms with Crippen LogP contribution in [-0.2, 0) is 4.79 Å². The summed E-state index contributed by atoms with van der Waals surface area (Å²) in [5.41, 5.74) is -0.520. The SMILES string of the molecule is C#CC(CC)(CC)NC(=O)CN(CC)CCCO. The van der Waals surface area contributed by atoms with E-state index in [9.17, 15) is 4.79 Å². The van der Waals surface area contributed by atoms with Gasteiger partial charge in [0.25, 0.3) is 0 Å². The highest BCUT2D eigenvalue weighted by atomic mass is 16.3. The summed E-state index contributed by atoms with van der Waals surface area (Å²) in [4.78, 5) is 14.0. The lowest BCUT2D eigenvalue weighted by Crippen LogP contribution is -2.50. The highest BCUT2D eigenvalue weighted by molar-refractivity contribution is 5.79. The molecule has 104 valence electrons. The second-order valence-electron chi connectivity index (χ2n) is 4.43. The van der Waals surface area contributed by atoms with Gasteiger partial charge in [0.2, 0.25) is 5.91 Å². The zero-order valence-electron chi connectivity index (χ0n) is 11.8. The van der Waals surface area contributed by atoms with Crippen LogP contribution in [0, 0.1) is 12.3 Å². The quantitative estimate of drug-likeness (QED) is 0.604. The van der Waals surface area contributed by atoms with Crippen molar-refractivity contribution >= 4 is 5.91 Å². The smallest absolute Gasteiger partial charge is 0.235 e. The average molecular weight is 254 g/mol. The molecule has 0 spiro atoms. The number of amides is 1. The molecular weight excluding hydrogens is 228 g/mol. The van der Waals surface area contributed by atoms with Crippen LogP contribution in [0.3, 0.4) is 0 Å². The van der Waals surface area contributed by atoms with Gasteiger partial charge in [0.05, 0.1) is 6.54 Å².